The number of anilines is 1. The summed E-state index contributed by atoms with van der Waals surface area (Å²) in [6.07, 6.45) is 3.98. The second-order valence-corrected chi connectivity index (χ2v) is 9.25. The standard InChI is InChI=1S/C27H33FN4O5/c28-25-18-21(30-26(34)29-14-17-33)10-11-24(25)19-6-8-20(9-7-19)31-37-23-12-15-32(16-13-23)27(35)36-22-4-2-1-3-5-22/h1-5,10-11,18-19,23,33H,6-9,12-17H2,(H2,29,30,34). The highest BCUT2D eigenvalue weighted by Crippen LogP contribution is 2.34. The van der Waals surface area contributed by atoms with Gasteiger partial charge in [-0.3, -0.25) is 0 Å². The number of carbonyl (C=O) groups excluding carboxylic acids is 2. The molecule has 1 saturated carbocycles. The van der Waals surface area contributed by atoms with Crippen LogP contribution in [-0.2, 0) is 4.84 Å². The molecule has 2 aromatic carbocycles. The Morgan fingerprint density at radius 2 is 1.78 bits per heavy atom. The molecule has 0 radical (unpaired) electrons. The molecular weight excluding hydrogens is 479 g/mol. The van der Waals surface area contributed by atoms with E-state index in [0.29, 0.717) is 42.9 Å². The summed E-state index contributed by atoms with van der Waals surface area (Å²) in [4.78, 5) is 31.5. The van der Waals surface area contributed by atoms with E-state index in [2.05, 4.69) is 15.8 Å². The lowest BCUT2D eigenvalue weighted by atomic mass is 9.83. The third-order valence-corrected chi connectivity index (χ3v) is 6.64. The van der Waals surface area contributed by atoms with Crippen molar-refractivity contribution in [3.8, 4) is 5.75 Å². The molecule has 2 fully saturated rings. The zero-order valence-corrected chi connectivity index (χ0v) is 20.7. The quantitative estimate of drug-likeness (QED) is 0.468. The fourth-order valence-electron chi connectivity index (χ4n) is 4.58. The number of carbonyl (C=O) groups is 2. The molecule has 10 heteroatoms. The van der Waals surface area contributed by atoms with E-state index in [9.17, 15) is 14.0 Å². The zero-order valence-electron chi connectivity index (χ0n) is 20.7. The van der Waals surface area contributed by atoms with Gasteiger partial charge in [0, 0.05) is 38.2 Å². The largest absolute Gasteiger partial charge is 0.415 e. The highest BCUT2D eigenvalue weighted by Gasteiger charge is 2.26. The molecule has 4 rings (SSSR count). The number of rotatable bonds is 7. The van der Waals surface area contributed by atoms with Gasteiger partial charge < -0.3 is 30.2 Å². The Bertz CT molecular complexity index is 1080. The van der Waals surface area contributed by atoms with Crippen LogP contribution in [0, 0.1) is 5.82 Å². The number of nitrogens with one attached hydrogen (secondary N) is 2. The Balaban J connectivity index is 1.19. The number of benzene rings is 2. The van der Waals surface area contributed by atoms with Crippen molar-refractivity contribution in [1.29, 1.82) is 0 Å². The summed E-state index contributed by atoms with van der Waals surface area (Å²) in [6, 6.07) is 13.3. The first-order chi connectivity index (χ1) is 18.0. The van der Waals surface area contributed by atoms with Gasteiger partial charge in [0.1, 0.15) is 17.7 Å². The molecule has 0 spiro atoms. The van der Waals surface area contributed by atoms with E-state index in [-0.39, 0.29) is 37.1 Å². The van der Waals surface area contributed by atoms with Gasteiger partial charge in [-0.15, -0.1) is 0 Å². The number of amides is 3. The predicted octanol–water partition coefficient (Wildman–Crippen LogP) is 4.63. The number of hydrogen-bond donors (Lipinski definition) is 3. The second kappa shape index (κ2) is 13.0. The minimum atomic E-state index is -0.488. The molecule has 2 aliphatic rings. The molecule has 1 aliphatic heterocycles. The lowest BCUT2D eigenvalue weighted by molar-refractivity contribution is 0.0134. The second-order valence-electron chi connectivity index (χ2n) is 9.25. The van der Waals surface area contributed by atoms with E-state index in [1.54, 1.807) is 29.2 Å². The van der Waals surface area contributed by atoms with Crippen molar-refractivity contribution in [3.63, 3.8) is 0 Å². The Morgan fingerprint density at radius 3 is 2.46 bits per heavy atom. The molecule has 0 aromatic heterocycles. The van der Waals surface area contributed by atoms with Crippen LogP contribution in [0.3, 0.4) is 0 Å². The molecular formula is C27H33FN4O5. The third-order valence-electron chi connectivity index (χ3n) is 6.64. The van der Waals surface area contributed by atoms with Crippen LogP contribution >= 0.6 is 0 Å². The van der Waals surface area contributed by atoms with Crippen LogP contribution in [0.2, 0.25) is 0 Å². The topological polar surface area (TPSA) is 112 Å². The minimum Gasteiger partial charge on any atom is -0.410 e. The molecule has 9 nitrogen and oxygen atoms in total. The lowest BCUT2D eigenvalue weighted by Gasteiger charge is -2.30. The van der Waals surface area contributed by atoms with Crippen LogP contribution < -0.4 is 15.4 Å². The number of likely N-dealkylation sites (tertiary alicyclic amines) is 1. The number of aliphatic hydroxyl groups excluding tert-OH is 1. The average Bonchev–Trinajstić information content (AvgIpc) is 2.92. The summed E-state index contributed by atoms with van der Waals surface area (Å²) in [6.45, 7) is 1.07. The third kappa shape index (κ3) is 7.66. The molecule has 0 bridgehead atoms. The van der Waals surface area contributed by atoms with Crippen molar-refractivity contribution in [1.82, 2.24) is 10.2 Å². The van der Waals surface area contributed by atoms with Gasteiger partial charge >= 0.3 is 12.1 Å². The van der Waals surface area contributed by atoms with E-state index in [1.807, 2.05) is 18.2 Å². The van der Waals surface area contributed by atoms with Gasteiger partial charge in [-0.2, -0.15) is 0 Å². The highest BCUT2D eigenvalue weighted by atomic mass is 19.1. The van der Waals surface area contributed by atoms with E-state index in [1.165, 1.54) is 6.07 Å². The van der Waals surface area contributed by atoms with Gasteiger partial charge in [0.05, 0.1) is 12.3 Å². The van der Waals surface area contributed by atoms with E-state index >= 15 is 0 Å². The van der Waals surface area contributed by atoms with Gasteiger partial charge in [0.25, 0.3) is 0 Å². The van der Waals surface area contributed by atoms with Crippen LogP contribution in [0.15, 0.2) is 53.7 Å². The average molecular weight is 513 g/mol. The molecule has 198 valence electrons. The van der Waals surface area contributed by atoms with Gasteiger partial charge in [-0.25, -0.2) is 14.0 Å². The monoisotopic (exact) mass is 512 g/mol. The normalized spacial score (nSPS) is 18.2. The fraction of sp³-hybridized carbons (Fsp3) is 0.444. The van der Waals surface area contributed by atoms with Crippen LogP contribution in [-0.4, -0.2) is 60.2 Å². The minimum absolute atomic E-state index is 0.0435. The van der Waals surface area contributed by atoms with Gasteiger partial charge in [0.15, 0.2) is 0 Å². The number of oxime groups is 1. The number of nitrogens with zero attached hydrogens (tertiary/aromatic N) is 2. The van der Waals surface area contributed by atoms with Gasteiger partial charge in [-0.1, -0.05) is 29.4 Å². The molecule has 0 unspecified atom stereocenters. The van der Waals surface area contributed by atoms with Crippen LogP contribution in [0.5, 0.6) is 5.75 Å². The van der Waals surface area contributed by atoms with Crippen LogP contribution in [0.1, 0.15) is 50.0 Å². The van der Waals surface area contributed by atoms with Crippen LogP contribution in [0.25, 0.3) is 0 Å². The van der Waals surface area contributed by atoms with Crippen molar-refractivity contribution >= 4 is 23.5 Å². The van der Waals surface area contributed by atoms with Crippen molar-refractivity contribution < 1.29 is 28.7 Å². The maximum absolute atomic E-state index is 14.7. The van der Waals surface area contributed by atoms with Crippen molar-refractivity contribution in [3.05, 3.63) is 59.9 Å². The summed E-state index contributed by atoms with van der Waals surface area (Å²) in [7, 11) is 0. The predicted molar refractivity (Wildman–Crippen MR) is 137 cm³/mol. The maximum atomic E-state index is 14.7. The maximum Gasteiger partial charge on any atom is 0.415 e. The number of ether oxygens (including phenoxy) is 1. The first-order valence-corrected chi connectivity index (χ1v) is 12.7. The van der Waals surface area contributed by atoms with E-state index in [4.69, 9.17) is 14.7 Å². The smallest absolute Gasteiger partial charge is 0.410 e. The first kappa shape index (κ1) is 26.4. The summed E-state index contributed by atoms with van der Waals surface area (Å²) in [5, 5.41) is 18.2. The SMILES string of the molecule is O=C(NCCO)Nc1ccc(C2CCC(=NOC3CCN(C(=O)Oc4ccccc4)CC3)CC2)c(F)c1. The molecule has 0 atom stereocenters. The Morgan fingerprint density at radius 1 is 1.05 bits per heavy atom. The molecule has 1 aliphatic carbocycles. The number of hydrogen-bond acceptors (Lipinski definition) is 6. The molecule has 1 heterocycles. The van der Waals surface area contributed by atoms with E-state index in [0.717, 1.165) is 31.4 Å². The number of urea groups is 1. The van der Waals surface area contributed by atoms with Gasteiger partial charge in [0.2, 0.25) is 0 Å². The number of halogens is 1. The molecule has 3 amide bonds. The van der Waals surface area contributed by atoms with Crippen molar-refractivity contribution in [2.45, 2.75) is 50.5 Å². The molecule has 3 N–H and O–H groups in total. The summed E-state index contributed by atoms with van der Waals surface area (Å²) < 4.78 is 20.1. The Kier molecular flexibility index (Phi) is 9.31. The number of piperidine rings is 1. The van der Waals surface area contributed by atoms with Crippen molar-refractivity contribution in [2.24, 2.45) is 5.16 Å². The van der Waals surface area contributed by atoms with Gasteiger partial charge in [-0.05, 0) is 61.4 Å². The number of aliphatic hydroxyl groups is 1. The summed E-state index contributed by atoms with van der Waals surface area (Å²) in [5.41, 5.74) is 1.97. The lowest BCUT2D eigenvalue weighted by Crippen LogP contribution is -2.42. The fourth-order valence-corrected chi connectivity index (χ4v) is 4.58. The summed E-state index contributed by atoms with van der Waals surface area (Å²) in [5.74, 6) is 0.260. The molecule has 2 aromatic rings. The molecule has 37 heavy (non-hydrogen) atoms. The number of para-hydroxylation sites is 1. The molecule has 1 saturated heterocycles. The Labute approximate surface area is 215 Å². The van der Waals surface area contributed by atoms with Crippen LogP contribution in [0.4, 0.5) is 19.7 Å². The first-order valence-electron chi connectivity index (χ1n) is 12.7. The van der Waals surface area contributed by atoms with Crippen molar-refractivity contribution in [2.75, 3.05) is 31.6 Å². The summed E-state index contributed by atoms with van der Waals surface area (Å²) >= 11 is 0. The highest BCUT2D eigenvalue weighted by molar-refractivity contribution is 5.89. The Hall–Kier alpha value is -3.66. The van der Waals surface area contributed by atoms with E-state index < -0.39 is 6.03 Å². The zero-order chi connectivity index (χ0) is 26.0.